The van der Waals surface area contributed by atoms with Crippen molar-refractivity contribution in [2.75, 3.05) is 40.9 Å². The van der Waals surface area contributed by atoms with Crippen LogP contribution in [0.4, 0.5) is 0 Å². The van der Waals surface area contributed by atoms with Crippen LogP contribution in [0.2, 0.25) is 0 Å². The van der Waals surface area contributed by atoms with E-state index in [1.165, 1.54) is 44.9 Å². The molecule has 306 valence electrons. The molecule has 8 nitrogen and oxygen atoms in total. The number of carbonyl (C=O) groups excluding carboxylic acids is 1. The predicted molar refractivity (Wildman–Crippen MR) is 223 cm³/mol. The van der Waals surface area contributed by atoms with Gasteiger partial charge in [-0.15, -0.1) is 0 Å². The number of aliphatic hydroxyl groups is 1. The van der Waals surface area contributed by atoms with Gasteiger partial charge in [0.2, 0.25) is 5.91 Å². The maximum atomic E-state index is 12.7. The van der Waals surface area contributed by atoms with Crippen LogP contribution in [0.15, 0.2) is 72.9 Å². The van der Waals surface area contributed by atoms with Crippen molar-refractivity contribution in [2.45, 2.75) is 161 Å². The highest BCUT2D eigenvalue weighted by molar-refractivity contribution is 7.45. The number of hydrogen-bond acceptors (Lipinski definition) is 6. The zero-order valence-electron chi connectivity index (χ0n) is 34.4. The van der Waals surface area contributed by atoms with Crippen molar-refractivity contribution in [3.8, 4) is 0 Å². The number of aliphatic hydroxyl groups excluding tert-OH is 1. The first-order valence-electron chi connectivity index (χ1n) is 20.8. The van der Waals surface area contributed by atoms with Crippen molar-refractivity contribution >= 4 is 13.7 Å². The number of unbranched alkanes of at least 4 members (excludes halogenated alkanes) is 13. The van der Waals surface area contributed by atoms with E-state index >= 15 is 0 Å². The summed E-state index contributed by atoms with van der Waals surface area (Å²) in [6, 6.07) is -0.889. The fourth-order valence-electron chi connectivity index (χ4n) is 5.35. The Kier molecular flexibility index (Phi) is 34.2. The van der Waals surface area contributed by atoms with E-state index in [1.54, 1.807) is 6.08 Å². The number of rotatable bonds is 36. The van der Waals surface area contributed by atoms with Crippen LogP contribution in [0.5, 0.6) is 0 Å². The lowest BCUT2D eigenvalue weighted by molar-refractivity contribution is -0.870. The largest absolute Gasteiger partial charge is 0.756 e. The van der Waals surface area contributed by atoms with Gasteiger partial charge in [0, 0.05) is 6.42 Å². The first kappa shape index (κ1) is 50.9. The van der Waals surface area contributed by atoms with Gasteiger partial charge < -0.3 is 28.8 Å². The number of hydrogen-bond donors (Lipinski definition) is 2. The zero-order valence-corrected chi connectivity index (χ0v) is 35.3. The molecule has 0 fully saturated rings. The number of phosphoric acid groups is 1. The molecule has 0 aliphatic heterocycles. The first-order valence-corrected chi connectivity index (χ1v) is 22.3. The summed E-state index contributed by atoms with van der Waals surface area (Å²) in [7, 11) is 1.24. The summed E-state index contributed by atoms with van der Waals surface area (Å²) in [5.74, 6) is -0.215. The maximum Gasteiger partial charge on any atom is 0.268 e. The third-order valence-corrected chi connectivity index (χ3v) is 9.64. The summed E-state index contributed by atoms with van der Waals surface area (Å²) in [4.78, 5) is 25.1. The van der Waals surface area contributed by atoms with Crippen LogP contribution >= 0.6 is 7.82 Å². The van der Waals surface area contributed by atoms with E-state index in [1.807, 2.05) is 27.2 Å². The van der Waals surface area contributed by atoms with Gasteiger partial charge in [0.1, 0.15) is 13.2 Å². The molecule has 0 aliphatic rings. The minimum Gasteiger partial charge on any atom is -0.756 e. The zero-order chi connectivity index (χ0) is 39.3. The van der Waals surface area contributed by atoms with E-state index in [0.717, 1.165) is 83.5 Å². The molecule has 0 radical (unpaired) electrons. The Balaban J connectivity index is 4.16. The number of amides is 1. The molecule has 0 saturated carbocycles. The number of likely N-dealkylation sites (N-methyl/N-ethyl adjacent to an activating group) is 1. The summed E-state index contributed by atoms with van der Waals surface area (Å²) in [6.45, 7) is 4.41. The third kappa shape index (κ3) is 38.0. The van der Waals surface area contributed by atoms with Crippen LogP contribution in [0.1, 0.15) is 149 Å². The van der Waals surface area contributed by atoms with Gasteiger partial charge in [-0.25, -0.2) is 0 Å². The van der Waals surface area contributed by atoms with Crippen LogP contribution in [0, 0.1) is 0 Å². The molecule has 0 aromatic heterocycles. The minimum atomic E-state index is -4.58. The summed E-state index contributed by atoms with van der Waals surface area (Å²) in [5, 5.41) is 13.6. The molecule has 0 bridgehead atoms. The second-order valence-corrected chi connectivity index (χ2v) is 16.4. The van der Waals surface area contributed by atoms with E-state index in [4.69, 9.17) is 9.05 Å². The molecule has 0 rings (SSSR count). The van der Waals surface area contributed by atoms with E-state index in [2.05, 4.69) is 79.9 Å². The molecule has 3 unspecified atom stereocenters. The molecule has 0 aromatic carbocycles. The van der Waals surface area contributed by atoms with Crippen molar-refractivity contribution in [3.05, 3.63) is 72.9 Å². The van der Waals surface area contributed by atoms with Crippen molar-refractivity contribution in [2.24, 2.45) is 0 Å². The molecular weight excluding hydrogens is 683 g/mol. The Morgan fingerprint density at radius 1 is 0.679 bits per heavy atom. The summed E-state index contributed by atoms with van der Waals surface area (Å²) < 4.78 is 23.0. The van der Waals surface area contributed by atoms with Crippen molar-refractivity contribution < 1.29 is 32.9 Å². The highest BCUT2D eigenvalue weighted by atomic mass is 31.2. The number of carbonyl (C=O) groups is 1. The van der Waals surface area contributed by atoms with Crippen LogP contribution < -0.4 is 10.2 Å². The molecule has 1 amide bonds. The highest BCUT2D eigenvalue weighted by Gasteiger charge is 2.23. The summed E-state index contributed by atoms with van der Waals surface area (Å²) in [5.41, 5.74) is 0. The summed E-state index contributed by atoms with van der Waals surface area (Å²) in [6.07, 6.45) is 46.9. The van der Waals surface area contributed by atoms with Crippen LogP contribution in [0.25, 0.3) is 0 Å². The van der Waals surface area contributed by atoms with Crippen LogP contribution in [0.3, 0.4) is 0 Å². The molecule has 0 spiro atoms. The minimum absolute atomic E-state index is 0.00662. The average molecular weight is 763 g/mol. The number of quaternary nitrogens is 1. The van der Waals surface area contributed by atoms with E-state index in [-0.39, 0.29) is 19.1 Å². The smallest absolute Gasteiger partial charge is 0.268 e. The number of nitrogens with zero attached hydrogens (tertiary/aromatic N) is 1. The van der Waals surface area contributed by atoms with Gasteiger partial charge in [-0.2, -0.15) is 0 Å². The predicted octanol–water partition coefficient (Wildman–Crippen LogP) is 10.6. The second kappa shape index (κ2) is 35.6. The Labute approximate surface area is 325 Å². The number of nitrogens with one attached hydrogen (secondary N) is 1. The lowest BCUT2D eigenvalue weighted by Crippen LogP contribution is -2.45. The molecule has 0 aliphatic carbocycles. The molecule has 0 aromatic rings. The monoisotopic (exact) mass is 763 g/mol. The van der Waals surface area contributed by atoms with E-state index < -0.39 is 20.0 Å². The van der Waals surface area contributed by atoms with E-state index in [9.17, 15) is 19.4 Å². The maximum absolute atomic E-state index is 12.7. The average Bonchev–Trinajstić information content (AvgIpc) is 3.10. The topological polar surface area (TPSA) is 108 Å². The van der Waals surface area contributed by atoms with Gasteiger partial charge in [0.05, 0.1) is 39.9 Å². The van der Waals surface area contributed by atoms with Crippen LogP contribution in [-0.4, -0.2) is 68.5 Å². The molecule has 3 atom stereocenters. The van der Waals surface area contributed by atoms with Gasteiger partial charge in [-0.1, -0.05) is 151 Å². The molecule has 0 saturated heterocycles. The molecule has 2 N–H and O–H groups in total. The molecule has 9 heteroatoms. The normalized spacial score (nSPS) is 15.2. The Morgan fingerprint density at radius 2 is 1.15 bits per heavy atom. The van der Waals surface area contributed by atoms with Gasteiger partial charge in [0.25, 0.3) is 7.82 Å². The molecule has 0 heterocycles. The van der Waals surface area contributed by atoms with Gasteiger partial charge in [-0.05, 0) is 64.2 Å². The third-order valence-electron chi connectivity index (χ3n) is 8.67. The number of allylic oxidation sites excluding steroid dienone is 11. The second-order valence-electron chi connectivity index (χ2n) is 15.0. The van der Waals surface area contributed by atoms with Crippen LogP contribution in [-0.2, 0) is 18.4 Å². The van der Waals surface area contributed by atoms with Crippen molar-refractivity contribution in [1.82, 2.24) is 5.32 Å². The standard InChI is InChI=1S/C44H79N2O6P/c1-6-8-10-12-14-15-16-17-18-19-20-21-22-23-24-25-26-27-28-29-30-31-32-34-36-38-44(48)45-42(43(47)37-35-33-13-11-9-7-2)41-52-53(49,50)51-40-39-46(3,4)5/h8,10,14-15,17-18,20-21,23-24,35,37,42-43,47H,6-7,9,11-13,16,19,22,25-34,36,38-41H2,1-5H3,(H-,45,48,49,50)/b10-8-,15-14-,18-17-,21-20-,24-23-,37-35+. The SMILES string of the molecule is CC/C=C\C/C=C\C/C=C\C/C=C\C/C=C\CCCCCCCCCCCC(=O)NC(COP(=O)([O-])OCC[N+](C)(C)C)C(O)/C=C/CCCCCC. The lowest BCUT2D eigenvalue weighted by atomic mass is 10.1. The number of phosphoric ester groups is 1. The highest BCUT2D eigenvalue weighted by Crippen LogP contribution is 2.38. The fraction of sp³-hybridized carbons (Fsp3) is 0.705. The van der Waals surface area contributed by atoms with E-state index in [0.29, 0.717) is 17.4 Å². The lowest BCUT2D eigenvalue weighted by Gasteiger charge is -2.29. The molecule has 53 heavy (non-hydrogen) atoms. The van der Waals surface area contributed by atoms with Crippen molar-refractivity contribution in [1.29, 1.82) is 0 Å². The summed E-state index contributed by atoms with van der Waals surface area (Å²) >= 11 is 0. The quantitative estimate of drug-likeness (QED) is 0.0285. The van der Waals surface area contributed by atoms with Gasteiger partial charge in [0.15, 0.2) is 0 Å². The Bertz CT molecular complexity index is 1090. The molecular formula is C44H79N2O6P. The van der Waals surface area contributed by atoms with Gasteiger partial charge in [-0.3, -0.25) is 9.36 Å². The Hall–Kier alpha value is -2.06. The Morgan fingerprint density at radius 3 is 1.68 bits per heavy atom. The van der Waals surface area contributed by atoms with Crippen molar-refractivity contribution in [3.63, 3.8) is 0 Å². The van der Waals surface area contributed by atoms with Gasteiger partial charge >= 0.3 is 0 Å². The fourth-order valence-corrected chi connectivity index (χ4v) is 6.08. The first-order chi connectivity index (χ1) is 25.5.